The van der Waals surface area contributed by atoms with Crippen LogP contribution in [0.15, 0.2) is 11.3 Å². The third kappa shape index (κ3) is 4.49. The summed E-state index contributed by atoms with van der Waals surface area (Å²) in [5.74, 6) is 2.20. The Morgan fingerprint density at radius 3 is 2.84 bits per heavy atom. The second kappa shape index (κ2) is 8.31. The molecular formula is C17H29N7O. The lowest BCUT2D eigenvalue weighted by molar-refractivity contribution is -0.134. The molecule has 25 heavy (non-hydrogen) atoms. The molecule has 1 amide bonds. The summed E-state index contributed by atoms with van der Waals surface area (Å²) in [6.45, 7) is 4.93. The van der Waals surface area contributed by atoms with Crippen LogP contribution in [0.1, 0.15) is 44.9 Å². The van der Waals surface area contributed by atoms with Gasteiger partial charge in [0, 0.05) is 38.6 Å². The molecule has 3 rings (SSSR count). The molecule has 0 spiro atoms. The fraction of sp³-hybridized carbons (Fsp3) is 0.765. The van der Waals surface area contributed by atoms with E-state index >= 15 is 0 Å². The van der Waals surface area contributed by atoms with Gasteiger partial charge in [-0.25, -0.2) is 9.98 Å². The lowest BCUT2D eigenvalue weighted by Gasteiger charge is -2.21. The van der Waals surface area contributed by atoms with E-state index in [1.807, 2.05) is 18.9 Å². The van der Waals surface area contributed by atoms with Gasteiger partial charge in [0.15, 0.2) is 5.96 Å². The normalized spacial score (nSPS) is 21.8. The molecule has 8 nitrogen and oxygen atoms in total. The molecule has 2 aliphatic rings. The Kier molecular flexibility index (Phi) is 5.88. The van der Waals surface area contributed by atoms with Gasteiger partial charge in [0.1, 0.15) is 18.7 Å². The van der Waals surface area contributed by atoms with Crippen molar-refractivity contribution in [1.29, 1.82) is 0 Å². The Morgan fingerprint density at radius 1 is 1.36 bits per heavy atom. The number of hydrogen-bond acceptors (Lipinski definition) is 4. The molecule has 1 saturated carbocycles. The van der Waals surface area contributed by atoms with Crippen molar-refractivity contribution in [3.05, 3.63) is 12.2 Å². The number of aryl methyl sites for hydroxylation is 1. The number of carbonyl (C=O) groups is 1. The van der Waals surface area contributed by atoms with Crippen LogP contribution in [0.5, 0.6) is 0 Å². The maximum absolute atomic E-state index is 12.6. The van der Waals surface area contributed by atoms with Crippen molar-refractivity contribution in [2.24, 2.45) is 18.0 Å². The molecule has 2 heterocycles. The molecule has 2 fully saturated rings. The summed E-state index contributed by atoms with van der Waals surface area (Å²) in [6, 6.07) is 0.252. The van der Waals surface area contributed by atoms with Gasteiger partial charge in [-0.3, -0.25) is 9.48 Å². The standard InChI is InChI=1S/C17H29N7O/c1-3-18-17(19-10-15-20-12-21-23(15)2)22-14-8-9-24(11-14)16(25)13-6-4-5-7-13/h12-14H,3-11H2,1-2H3,(H2,18,19,22). The SMILES string of the molecule is CCNC(=NCc1ncnn1C)NC1CCN(C(=O)C2CCCC2)C1. The van der Waals surface area contributed by atoms with E-state index in [1.54, 1.807) is 4.68 Å². The van der Waals surface area contributed by atoms with Gasteiger partial charge >= 0.3 is 0 Å². The van der Waals surface area contributed by atoms with Gasteiger partial charge in [-0.1, -0.05) is 12.8 Å². The molecule has 1 aromatic rings. The summed E-state index contributed by atoms with van der Waals surface area (Å²) in [7, 11) is 1.86. The maximum atomic E-state index is 12.6. The minimum absolute atomic E-state index is 0.252. The topological polar surface area (TPSA) is 87.4 Å². The molecule has 138 valence electrons. The van der Waals surface area contributed by atoms with Crippen LogP contribution in [-0.4, -0.2) is 57.2 Å². The van der Waals surface area contributed by atoms with E-state index in [4.69, 9.17) is 0 Å². The molecule has 1 aromatic heterocycles. The summed E-state index contributed by atoms with van der Waals surface area (Å²) in [5, 5.41) is 10.8. The number of nitrogens with zero attached hydrogens (tertiary/aromatic N) is 5. The number of amides is 1. The Balaban J connectivity index is 1.53. The Labute approximate surface area is 149 Å². The largest absolute Gasteiger partial charge is 0.357 e. The Bertz CT molecular complexity index is 606. The smallest absolute Gasteiger partial charge is 0.225 e. The number of aliphatic imine (C=N–C) groups is 1. The highest BCUT2D eigenvalue weighted by atomic mass is 16.2. The van der Waals surface area contributed by atoms with E-state index < -0.39 is 0 Å². The maximum Gasteiger partial charge on any atom is 0.225 e. The van der Waals surface area contributed by atoms with Crippen LogP contribution in [0, 0.1) is 5.92 Å². The summed E-state index contributed by atoms with van der Waals surface area (Å²) in [5.41, 5.74) is 0. The van der Waals surface area contributed by atoms with Crippen molar-refractivity contribution in [2.75, 3.05) is 19.6 Å². The highest BCUT2D eigenvalue weighted by molar-refractivity contribution is 5.81. The number of carbonyl (C=O) groups excluding carboxylic acids is 1. The fourth-order valence-electron chi connectivity index (χ4n) is 3.64. The van der Waals surface area contributed by atoms with Crippen molar-refractivity contribution in [3.63, 3.8) is 0 Å². The van der Waals surface area contributed by atoms with Crippen LogP contribution in [0.4, 0.5) is 0 Å². The zero-order valence-corrected chi connectivity index (χ0v) is 15.2. The summed E-state index contributed by atoms with van der Waals surface area (Å²) < 4.78 is 1.73. The first-order valence-electron chi connectivity index (χ1n) is 9.34. The molecule has 0 bridgehead atoms. The first-order valence-corrected chi connectivity index (χ1v) is 9.34. The monoisotopic (exact) mass is 347 g/mol. The Hall–Kier alpha value is -2.12. The van der Waals surface area contributed by atoms with Gasteiger partial charge in [-0.2, -0.15) is 5.10 Å². The predicted molar refractivity (Wildman–Crippen MR) is 95.9 cm³/mol. The summed E-state index contributed by atoms with van der Waals surface area (Å²) >= 11 is 0. The van der Waals surface area contributed by atoms with E-state index in [9.17, 15) is 4.79 Å². The van der Waals surface area contributed by atoms with Crippen LogP contribution < -0.4 is 10.6 Å². The number of likely N-dealkylation sites (tertiary alicyclic amines) is 1. The summed E-state index contributed by atoms with van der Waals surface area (Å²) in [6.07, 6.45) is 7.03. The third-order valence-corrected chi connectivity index (χ3v) is 5.07. The van der Waals surface area contributed by atoms with Gasteiger partial charge in [-0.05, 0) is 26.2 Å². The van der Waals surface area contributed by atoms with Crippen molar-refractivity contribution < 1.29 is 4.79 Å². The molecule has 0 radical (unpaired) electrons. The zero-order valence-electron chi connectivity index (χ0n) is 15.2. The molecule has 1 aliphatic heterocycles. The van der Waals surface area contributed by atoms with E-state index in [0.29, 0.717) is 12.5 Å². The van der Waals surface area contributed by atoms with Crippen molar-refractivity contribution >= 4 is 11.9 Å². The number of rotatable bonds is 5. The zero-order chi connectivity index (χ0) is 17.6. The Morgan fingerprint density at radius 2 is 2.16 bits per heavy atom. The van der Waals surface area contributed by atoms with Crippen molar-refractivity contribution in [1.82, 2.24) is 30.3 Å². The molecule has 2 N–H and O–H groups in total. The number of hydrogen-bond donors (Lipinski definition) is 2. The van der Waals surface area contributed by atoms with Crippen LogP contribution in [0.25, 0.3) is 0 Å². The molecule has 8 heteroatoms. The van der Waals surface area contributed by atoms with E-state index in [2.05, 4.69) is 25.7 Å². The minimum atomic E-state index is 0.252. The van der Waals surface area contributed by atoms with E-state index in [-0.39, 0.29) is 12.0 Å². The van der Waals surface area contributed by atoms with Gasteiger partial charge < -0.3 is 15.5 Å². The van der Waals surface area contributed by atoms with Gasteiger partial charge in [-0.15, -0.1) is 0 Å². The first kappa shape index (κ1) is 17.7. The molecule has 1 unspecified atom stereocenters. The van der Waals surface area contributed by atoms with Crippen molar-refractivity contribution in [2.45, 2.75) is 51.6 Å². The van der Waals surface area contributed by atoms with E-state index in [0.717, 1.165) is 50.7 Å². The molecule has 1 saturated heterocycles. The van der Waals surface area contributed by atoms with Gasteiger partial charge in [0.25, 0.3) is 0 Å². The first-order chi connectivity index (χ1) is 12.2. The lowest BCUT2D eigenvalue weighted by Crippen LogP contribution is -2.45. The van der Waals surface area contributed by atoms with Crippen LogP contribution in [-0.2, 0) is 18.4 Å². The molecule has 0 aromatic carbocycles. The average Bonchev–Trinajstić information content (AvgIpc) is 3.35. The predicted octanol–water partition coefficient (Wildman–Crippen LogP) is 0.661. The number of guanidine groups is 1. The average molecular weight is 347 g/mol. The third-order valence-electron chi connectivity index (χ3n) is 5.07. The molecule has 1 atom stereocenters. The second-order valence-corrected chi connectivity index (χ2v) is 6.89. The van der Waals surface area contributed by atoms with Gasteiger partial charge in [0.05, 0.1) is 0 Å². The van der Waals surface area contributed by atoms with Crippen molar-refractivity contribution in [3.8, 4) is 0 Å². The van der Waals surface area contributed by atoms with Crippen LogP contribution >= 0.6 is 0 Å². The molecular weight excluding hydrogens is 318 g/mol. The van der Waals surface area contributed by atoms with Crippen LogP contribution in [0.3, 0.4) is 0 Å². The van der Waals surface area contributed by atoms with Crippen LogP contribution in [0.2, 0.25) is 0 Å². The molecule has 1 aliphatic carbocycles. The number of aromatic nitrogens is 3. The highest BCUT2D eigenvalue weighted by Gasteiger charge is 2.32. The highest BCUT2D eigenvalue weighted by Crippen LogP contribution is 2.27. The second-order valence-electron chi connectivity index (χ2n) is 6.89. The minimum Gasteiger partial charge on any atom is -0.357 e. The van der Waals surface area contributed by atoms with E-state index in [1.165, 1.54) is 19.2 Å². The fourth-order valence-corrected chi connectivity index (χ4v) is 3.64. The quantitative estimate of drug-likeness (QED) is 0.604. The number of nitrogens with one attached hydrogen (secondary N) is 2. The summed E-state index contributed by atoms with van der Waals surface area (Å²) in [4.78, 5) is 23.4. The van der Waals surface area contributed by atoms with Gasteiger partial charge in [0.2, 0.25) is 5.91 Å². The lowest BCUT2D eigenvalue weighted by atomic mass is 10.1.